The molecule has 168 valence electrons. The highest BCUT2D eigenvalue weighted by molar-refractivity contribution is 7.12. The number of thiophene rings is 1. The number of amides is 2. The summed E-state index contributed by atoms with van der Waals surface area (Å²) in [7, 11) is 3.19. The topological polar surface area (TPSA) is 62.3 Å². The number of benzene rings is 1. The Morgan fingerprint density at radius 3 is 2.45 bits per heavy atom. The van der Waals surface area contributed by atoms with Crippen molar-refractivity contribution in [1.29, 1.82) is 0 Å². The lowest BCUT2D eigenvalue weighted by Crippen LogP contribution is -2.52. The van der Waals surface area contributed by atoms with E-state index in [4.69, 9.17) is 4.74 Å². The van der Waals surface area contributed by atoms with Crippen molar-refractivity contribution < 1.29 is 27.8 Å². The van der Waals surface area contributed by atoms with Crippen molar-refractivity contribution in [2.75, 3.05) is 46.9 Å². The molecule has 1 aromatic carbocycles. The van der Waals surface area contributed by atoms with E-state index in [-0.39, 0.29) is 29.9 Å². The van der Waals surface area contributed by atoms with Crippen molar-refractivity contribution in [2.45, 2.75) is 13.2 Å². The lowest BCUT2D eigenvalue weighted by molar-refractivity contribution is -0.133. The fourth-order valence-corrected chi connectivity index (χ4v) is 4.11. The van der Waals surface area contributed by atoms with Crippen LogP contribution in [0, 0.1) is 0 Å². The van der Waals surface area contributed by atoms with Crippen molar-refractivity contribution in [2.24, 2.45) is 0 Å². The average Bonchev–Trinajstić information content (AvgIpc) is 3.29. The van der Waals surface area contributed by atoms with Crippen LogP contribution < -0.4 is 9.47 Å². The first-order valence-electron chi connectivity index (χ1n) is 9.78. The van der Waals surface area contributed by atoms with E-state index in [2.05, 4.69) is 4.74 Å². The molecular formula is C21H25F2N3O4S. The SMILES string of the molecule is COc1cc(CN(C)CC(=O)N2CCN(C(=O)c3cccs3)CC2)ccc1OC(F)F. The molecule has 1 aliphatic rings. The highest BCUT2D eigenvalue weighted by Crippen LogP contribution is 2.29. The summed E-state index contributed by atoms with van der Waals surface area (Å²) in [6.07, 6.45) is 0. The largest absolute Gasteiger partial charge is 0.493 e. The van der Waals surface area contributed by atoms with E-state index < -0.39 is 6.61 Å². The molecule has 0 unspecified atom stereocenters. The average molecular weight is 454 g/mol. The number of halogens is 2. The molecule has 0 spiro atoms. The third-order valence-electron chi connectivity index (χ3n) is 4.95. The molecule has 31 heavy (non-hydrogen) atoms. The predicted octanol–water partition coefficient (Wildman–Crippen LogP) is 2.77. The van der Waals surface area contributed by atoms with Crippen LogP contribution in [0.5, 0.6) is 11.5 Å². The number of piperazine rings is 1. The summed E-state index contributed by atoms with van der Waals surface area (Å²) in [5, 5.41) is 1.87. The maximum absolute atomic E-state index is 12.7. The second-order valence-corrected chi connectivity index (χ2v) is 8.13. The van der Waals surface area contributed by atoms with Gasteiger partial charge in [0.25, 0.3) is 5.91 Å². The number of alkyl halides is 2. The van der Waals surface area contributed by atoms with Gasteiger partial charge in [-0.2, -0.15) is 8.78 Å². The van der Waals surface area contributed by atoms with Crippen molar-refractivity contribution in [3.8, 4) is 11.5 Å². The molecule has 2 amide bonds. The zero-order chi connectivity index (χ0) is 22.4. The normalized spacial score (nSPS) is 14.3. The second kappa shape index (κ2) is 10.5. The summed E-state index contributed by atoms with van der Waals surface area (Å²) < 4.78 is 34.5. The number of carbonyl (C=O) groups is 2. The van der Waals surface area contributed by atoms with Gasteiger partial charge in [-0.15, -0.1) is 11.3 Å². The number of methoxy groups -OCH3 is 1. The van der Waals surface area contributed by atoms with Crippen LogP contribution in [-0.2, 0) is 11.3 Å². The molecule has 1 saturated heterocycles. The van der Waals surface area contributed by atoms with Crippen LogP contribution in [0.3, 0.4) is 0 Å². The second-order valence-electron chi connectivity index (χ2n) is 7.19. The van der Waals surface area contributed by atoms with Crippen LogP contribution in [0.15, 0.2) is 35.7 Å². The Morgan fingerprint density at radius 1 is 1.13 bits per heavy atom. The van der Waals surface area contributed by atoms with Gasteiger partial charge in [0, 0.05) is 32.7 Å². The Hall–Kier alpha value is -2.72. The monoisotopic (exact) mass is 453 g/mol. The van der Waals surface area contributed by atoms with Gasteiger partial charge in [0.05, 0.1) is 18.5 Å². The maximum atomic E-state index is 12.7. The van der Waals surface area contributed by atoms with Crippen molar-refractivity contribution >= 4 is 23.2 Å². The van der Waals surface area contributed by atoms with Gasteiger partial charge in [0.1, 0.15) is 0 Å². The third kappa shape index (κ3) is 6.14. The zero-order valence-electron chi connectivity index (χ0n) is 17.4. The van der Waals surface area contributed by atoms with Gasteiger partial charge in [-0.3, -0.25) is 14.5 Å². The van der Waals surface area contributed by atoms with Gasteiger partial charge in [0.2, 0.25) is 5.91 Å². The van der Waals surface area contributed by atoms with Crippen LogP contribution in [0.25, 0.3) is 0 Å². The molecule has 0 N–H and O–H groups in total. The molecular weight excluding hydrogens is 428 g/mol. The van der Waals surface area contributed by atoms with Gasteiger partial charge >= 0.3 is 6.61 Å². The molecule has 7 nitrogen and oxygen atoms in total. The minimum absolute atomic E-state index is 0.00688. The molecule has 2 aromatic rings. The van der Waals surface area contributed by atoms with Crippen molar-refractivity contribution in [1.82, 2.24) is 14.7 Å². The Labute approximate surface area is 183 Å². The van der Waals surface area contributed by atoms with E-state index in [0.29, 0.717) is 37.6 Å². The number of hydrogen-bond acceptors (Lipinski definition) is 6. The number of rotatable bonds is 8. The maximum Gasteiger partial charge on any atom is 0.387 e. The Balaban J connectivity index is 1.49. The van der Waals surface area contributed by atoms with E-state index in [1.54, 1.807) is 28.0 Å². The minimum Gasteiger partial charge on any atom is -0.493 e. The molecule has 0 saturated carbocycles. The quantitative estimate of drug-likeness (QED) is 0.615. The van der Waals surface area contributed by atoms with Crippen molar-refractivity contribution in [3.05, 3.63) is 46.2 Å². The molecule has 0 aliphatic carbocycles. The third-order valence-corrected chi connectivity index (χ3v) is 5.81. The van der Waals surface area contributed by atoms with Gasteiger partial charge < -0.3 is 19.3 Å². The summed E-state index contributed by atoms with van der Waals surface area (Å²) in [6.45, 7) is -0.274. The lowest BCUT2D eigenvalue weighted by Gasteiger charge is -2.35. The molecule has 0 radical (unpaired) electrons. The molecule has 1 aliphatic heterocycles. The highest BCUT2D eigenvalue weighted by atomic mass is 32.1. The van der Waals surface area contributed by atoms with E-state index in [9.17, 15) is 18.4 Å². The minimum atomic E-state index is -2.93. The summed E-state index contributed by atoms with van der Waals surface area (Å²) in [5.74, 6) is 0.168. The smallest absolute Gasteiger partial charge is 0.387 e. The zero-order valence-corrected chi connectivity index (χ0v) is 18.2. The highest BCUT2D eigenvalue weighted by Gasteiger charge is 2.25. The first-order chi connectivity index (χ1) is 14.9. The Morgan fingerprint density at radius 2 is 1.84 bits per heavy atom. The molecule has 3 rings (SSSR count). The number of nitrogens with zero attached hydrogens (tertiary/aromatic N) is 3. The first kappa shape index (κ1) is 23.0. The molecule has 10 heteroatoms. The van der Waals surface area contributed by atoms with Crippen LogP contribution in [-0.4, -0.2) is 80.0 Å². The number of likely N-dealkylation sites (N-methyl/N-ethyl adjacent to an activating group) is 1. The van der Waals surface area contributed by atoms with Crippen LogP contribution >= 0.6 is 11.3 Å². The van der Waals surface area contributed by atoms with Gasteiger partial charge in [0.15, 0.2) is 11.5 Å². The molecule has 0 atom stereocenters. The van der Waals surface area contributed by atoms with E-state index in [0.717, 1.165) is 5.56 Å². The fraction of sp³-hybridized carbons (Fsp3) is 0.429. The first-order valence-corrected chi connectivity index (χ1v) is 10.7. The van der Waals surface area contributed by atoms with Gasteiger partial charge in [-0.1, -0.05) is 12.1 Å². The summed E-state index contributed by atoms with van der Waals surface area (Å²) in [5.41, 5.74) is 0.806. The molecule has 2 heterocycles. The Bertz CT molecular complexity index is 887. The number of ether oxygens (including phenoxy) is 2. The molecule has 0 bridgehead atoms. The number of carbonyl (C=O) groups excluding carboxylic acids is 2. The standard InChI is InChI=1S/C21H25F2N3O4S/c1-24(13-15-5-6-16(30-21(22)23)17(12-15)29-2)14-19(27)25-7-9-26(10-8-25)20(28)18-4-3-11-31-18/h3-6,11-12,21H,7-10,13-14H2,1-2H3. The molecule has 1 aromatic heterocycles. The van der Waals surface area contributed by atoms with Crippen molar-refractivity contribution in [3.63, 3.8) is 0 Å². The van der Waals surface area contributed by atoms with E-state index >= 15 is 0 Å². The summed E-state index contributed by atoms with van der Waals surface area (Å²) in [6, 6.07) is 8.37. The lowest BCUT2D eigenvalue weighted by atomic mass is 10.2. The van der Waals surface area contributed by atoms with E-state index in [1.807, 2.05) is 23.4 Å². The predicted molar refractivity (Wildman–Crippen MR) is 113 cm³/mol. The summed E-state index contributed by atoms with van der Waals surface area (Å²) >= 11 is 1.41. The van der Waals surface area contributed by atoms with E-state index in [1.165, 1.54) is 24.5 Å². The van der Waals surface area contributed by atoms with Crippen LogP contribution in [0.2, 0.25) is 0 Å². The van der Waals surface area contributed by atoms with Crippen LogP contribution in [0.1, 0.15) is 15.2 Å². The van der Waals surface area contributed by atoms with Gasteiger partial charge in [-0.25, -0.2) is 0 Å². The van der Waals surface area contributed by atoms with Crippen LogP contribution in [0.4, 0.5) is 8.78 Å². The fourth-order valence-electron chi connectivity index (χ4n) is 3.42. The number of hydrogen-bond donors (Lipinski definition) is 0. The van der Waals surface area contributed by atoms with Gasteiger partial charge in [-0.05, 0) is 36.2 Å². The summed E-state index contributed by atoms with van der Waals surface area (Å²) in [4.78, 5) is 31.2. The Kier molecular flexibility index (Phi) is 7.80. The molecule has 1 fully saturated rings.